The number of carbonyl (C=O) groups is 1. The first-order valence-electron chi connectivity index (χ1n) is 4.57. The van der Waals surface area contributed by atoms with Gasteiger partial charge in [-0.05, 0) is 11.6 Å². The minimum absolute atomic E-state index is 0.417. The topological polar surface area (TPSA) is 89.3 Å². The van der Waals surface area contributed by atoms with Crippen molar-refractivity contribution in [1.29, 1.82) is 0 Å². The lowest BCUT2D eigenvalue weighted by Gasteiger charge is -1.99. The smallest absolute Gasteiger partial charge is 0.475 e. The molecule has 100 valence electrons. The number of nitrogens with two attached hydrogens (primary N) is 2. The SMILES string of the molecule is NCc1cccc(C(N)=S)c1.O=C(O)C(F)(F)F. The van der Waals surface area contributed by atoms with Gasteiger partial charge in [-0.25, -0.2) is 4.79 Å². The predicted molar refractivity (Wildman–Crippen MR) is 63.9 cm³/mol. The summed E-state index contributed by atoms with van der Waals surface area (Å²) in [6.45, 7) is 0.524. The molecule has 0 heterocycles. The second-order valence-electron chi connectivity index (χ2n) is 3.07. The van der Waals surface area contributed by atoms with E-state index in [0.717, 1.165) is 11.1 Å². The van der Waals surface area contributed by atoms with Crippen LogP contribution < -0.4 is 11.5 Å². The van der Waals surface area contributed by atoms with Crippen LogP contribution in [0, 0.1) is 0 Å². The molecule has 0 radical (unpaired) electrons. The molecule has 1 rings (SSSR count). The summed E-state index contributed by atoms with van der Waals surface area (Å²) >= 11 is 4.81. The highest BCUT2D eigenvalue weighted by atomic mass is 32.1. The van der Waals surface area contributed by atoms with Crippen molar-refractivity contribution in [2.24, 2.45) is 11.5 Å². The van der Waals surface area contributed by atoms with Crippen LogP contribution in [0.4, 0.5) is 13.2 Å². The number of carboxylic acids is 1. The molecule has 0 spiro atoms. The molecule has 1 aromatic rings. The molecule has 8 heteroatoms. The van der Waals surface area contributed by atoms with Crippen molar-refractivity contribution in [2.75, 3.05) is 0 Å². The summed E-state index contributed by atoms with van der Waals surface area (Å²) in [5, 5.41) is 7.12. The fourth-order valence-electron chi connectivity index (χ4n) is 0.852. The molecule has 0 aromatic heterocycles. The molecular formula is C10H11F3N2O2S. The van der Waals surface area contributed by atoms with E-state index in [1.165, 1.54) is 0 Å². The van der Waals surface area contributed by atoms with E-state index in [1.807, 2.05) is 24.3 Å². The minimum atomic E-state index is -5.08. The molecule has 0 unspecified atom stereocenters. The zero-order chi connectivity index (χ0) is 14.3. The van der Waals surface area contributed by atoms with Crippen molar-refractivity contribution in [1.82, 2.24) is 0 Å². The molecule has 4 nitrogen and oxygen atoms in total. The number of hydrogen-bond acceptors (Lipinski definition) is 3. The zero-order valence-corrected chi connectivity index (χ0v) is 9.89. The van der Waals surface area contributed by atoms with Crippen molar-refractivity contribution >= 4 is 23.2 Å². The minimum Gasteiger partial charge on any atom is -0.475 e. The first-order chi connectivity index (χ1) is 8.18. The highest BCUT2D eigenvalue weighted by molar-refractivity contribution is 7.80. The van der Waals surface area contributed by atoms with Crippen LogP contribution in [-0.4, -0.2) is 22.2 Å². The molecule has 0 saturated carbocycles. The number of carboxylic acid groups (broad SMARTS) is 1. The first kappa shape index (κ1) is 16.3. The van der Waals surface area contributed by atoms with Gasteiger partial charge in [-0.15, -0.1) is 0 Å². The molecule has 18 heavy (non-hydrogen) atoms. The van der Waals surface area contributed by atoms with Crippen molar-refractivity contribution in [3.05, 3.63) is 35.4 Å². The van der Waals surface area contributed by atoms with Crippen LogP contribution in [-0.2, 0) is 11.3 Å². The molecule has 0 aliphatic heterocycles. The number of alkyl halides is 3. The monoisotopic (exact) mass is 280 g/mol. The number of aliphatic carboxylic acids is 1. The van der Waals surface area contributed by atoms with E-state index in [4.69, 9.17) is 33.6 Å². The zero-order valence-electron chi connectivity index (χ0n) is 9.07. The Balaban J connectivity index is 0.000000360. The van der Waals surface area contributed by atoms with Gasteiger partial charge < -0.3 is 16.6 Å². The lowest BCUT2D eigenvalue weighted by atomic mass is 10.1. The summed E-state index contributed by atoms with van der Waals surface area (Å²) in [6, 6.07) is 7.63. The molecule has 0 amide bonds. The van der Waals surface area contributed by atoms with Crippen LogP contribution in [0.1, 0.15) is 11.1 Å². The van der Waals surface area contributed by atoms with E-state index >= 15 is 0 Å². The Morgan fingerprint density at radius 3 is 2.22 bits per heavy atom. The van der Waals surface area contributed by atoms with Gasteiger partial charge in [0.2, 0.25) is 0 Å². The van der Waals surface area contributed by atoms with Gasteiger partial charge in [-0.1, -0.05) is 30.4 Å². The number of thiocarbonyl (C=S) groups is 1. The largest absolute Gasteiger partial charge is 0.490 e. The normalized spacial score (nSPS) is 10.2. The second-order valence-corrected chi connectivity index (χ2v) is 3.51. The lowest BCUT2D eigenvalue weighted by Crippen LogP contribution is -2.21. The third-order valence-electron chi connectivity index (χ3n) is 1.69. The Morgan fingerprint density at radius 1 is 1.39 bits per heavy atom. The van der Waals surface area contributed by atoms with Gasteiger partial charge in [0.1, 0.15) is 4.99 Å². The molecule has 0 atom stereocenters. The summed E-state index contributed by atoms with van der Waals surface area (Å²) in [7, 11) is 0. The quantitative estimate of drug-likeness (QED) is 0.713. The summed E-state index contributed by atoms with van der Waals surface area (Å²) in [5.41, 5.74) is 12.8. The maximum Gasteiger partial charge on any atom is 0.490 e. The standard InChI is InChI=1S/C8H10N2S.C2HF3O2/c9-5-6-2-1-3-7(4-6)8(10)11;3-2(4,5)1(6)7/h1-4H,5,9H2,(H2,10,11);(H,6,7). The number of benzene rings is 1. The molecular weight excluding hydrogens is 269 g/mol. The Hall–Kier alpha value is -1.67. The predicted octanol–water partition coefficient (Wildman–Crippen LogP) is 1.41. The van der Waals surface area contributed by atoms with Gasteiger partial charge in [-0.2, -0.15) is 13.2 Å². The molecule has 0 saturated heterocycles. The fraction of sp³-hybridized carbons (Fsp3) is 0.200. The van der Waals surface area contributed by atoms with Crippen molar-refractivity contribution in [2.45, 2.75) is 12.7 Å². The fourth-order valence-corrected chi connectivity index (χ4v) is 0.979. The van der Waals surface area contributed by atoms with Crippen LogP contribution >= 0.6 is 12.2 Å². The van der Waals surface area contributed by atoms with Gasteiger partial charge in [0, 0.05) is 12.1 Å². The Labute approximate surface area is 106 Å². The van der Waals surface area contributed by atoms with Gasteiger partial charge in [-0.3, -0.25) is 0 Å². The summed E-state index contributed by atoms with van der Waals surface area (Å²) in [5.74, 6) is -2.76. The lowest BCUT2D eigenvalue weighted by molar-refractivity contribution is -0.192. The van der Waals surface area contributed by atoms with E-state index < -0.39 is 12.1 Å². The van der Waals surface area contributed by atoms with Crippen LogP contribution in [0.25, 0.3) is 0 Å². The van der Waals surface area contributed by atoms with E-state index in [9.17, 15) is 13.2 Å². The highest BCUT2D eigenvalue weighted by Crippen LogP contribution is 2.13. The third-order valence-corrected chi connectivity index (χ3v) is 1.93. The Bertz CT molecular complexity index is 435. The average molecular weight is 280 g/mol. The molecule has 0 bridgehead atoms. The highest BCUT2D eigenvalue weighted by Gasteiger charge is 2.38. The van der Waals surface area contributed by atoms with E-state index in [1.54, 1.807) is 0 Å². The molecule has 0 aliphatic rings. The molecule has 0 fully saturated rings. The summed E-state index contributed by atoms with van der Waals surface area (Å²) in [6.07, 6.45) is -5.08. The van der Waals surface area contributed by atoms with Crippen LogP contribution in [0.15, 0.2) is 24.3 Å². The average Bonchev–Trinajstić information content (AvgIpc) is 2.28. The number of hydrogen-bond donors (Lipinski definition) is 3. The van der Waals surface area contributed by atoms with Crippen molar-refractivity contribution < 1.29 is 23.1 Å². The maximum atomic E-state index is 10.6. The molecule has 1 aromatic carbocycles. The van der Waals surface area contributed by atoms with Gasteiger partial charge in [0.25, 0.3) is 0 Å². The number of halogens is 3. The first-order valence-corrected chi connectivity index (χ1v) is 4.98. The van der Waals surface area contributed by atoms with Gasteiger partial charge >= 0.3 is 12.1 Å². The Kier molecular flexibility index (Phi) is 6.28. The summed E-state index contributed by atoms with van der Waals surface area (Å²) in [4.78, 5) is 9.31. The van der Waals surface area contributed by atoms with E-state index in [0.29, 0.717) is 11.5 Å². The van der Waals surface area contributed by atoms with Crippen LogP contribution in [0.5, 0.6) is 0 Å². The van der Waals surface area contributed by atoms with E-state index in [2.05, 4.69) is 0 Å². The van der Waals surface area contributed by atoms with Crippen molar-refractivity contribution in [3.63, 3.8) is 0 Å². The van der Waals surface area contributed by atoms with Crippen LogP contribution in [0.2, 0.25) is 0 Å². The van der Waals surface area contributed by atoms with Gasteiger partial charge in [0.15, 0.2) is 0 Å². The van der Waals surface area contributed by atoms with Crippen molar-refractivity contribution in [3.8, 4) is 0 Å². The molecule has 5 N–H and O–H groups in total. The third kappa shape index (κ3) is 6.16. The Morgan fingerprint density at radius 2 is 1.89 bits per heavy atom. The molecule has 0 aliphatic carbocycles. The van der Waals surface area contributed by atoms with Gasteiger partial charge in [0.05, 0.1) is 0 Å². The van der Waals surface area contributed by atoms with E-state index in [-0.39, 0.29) is 0 Å². The maximum absolute atomic E-state index is 10.6. The number of rotatable bonds is 2. The second kappa shape index (κ2) is 6.92. The van der Waals surface area contributed by atoms with Crippen LogP contribution in [0.3, 0.4) is 0 Å². The summed E-state index contributed by atoms with van der Waals surface area (Å²) < 4.78 is 31.7.